The normalized spacial score (nSPS) is 41.1. The molecule has 92 valence electrons. The van der Waals surface area contributed by atoms with Crippen molar-refractivity contribution in [2.75, 3.05) is 24.6 Å². The molecule has 2 aliphatic heterocycles. The summed E-state index contributed by atoms with van der Waals surface area (Å²) in [7, 11) is 0. The molecule has 2 aliphatic rings. The van der Waals surface area contributed by atoms with Gasteiger partial charge in [0.25, 0.3) is 0 Å². The van der Waals surface area contributed by atoms with Gasteiger partial charge >= 0.3 is 5.97 Å². The van der Waals surface area contributed by atoms with Gasteiger partial charge in [0, 0.05) is 18.8 Å². The van der Waals surface area contributed by atoms with Crippen LogP contribution in [0.2, 0.25) is 0 Å². The quantitative estimate of drug-likeness (QED) is 0.788. The molecule has 4 nitrogen and oxygen atoms in total. The molecule has 5 heteroatoms. The largest absolute Gasteiger partial charge is 0.480 e. The van der Waals surface area contributed by atoms with Crippen LogP contribution in [0.15, 0.2) is 0 Å². The van der Waals surface area contributed by atoms with E-state index in [0.717, 1.165) is 25.3 Å². The molecular formula is C11H19NO3S. The van der Waals surface area contributed by atoms with Gasteiger partial charge in [-0.25, -0.2) is 0 Å². The van der Waals surface area contributed by atoms with Gasteiger partial charge in [-0.15, -0.1) is 0 Å². The van der Waals surface area contributed by atoms with E-state index in [1.807, 2.05) is 13.8 Å². The van der Waals surface area contributed by atoms with E-state index in [1.165, 1.54) is 0 Å². The van der Waals surface area contributed by atoms with Crippen LogP contribution in [0.5, 0.6) is 0 Å². The summed E-state index contributed by atoms with van der Waals surface area (Å²) in [6, 6.07) is 0. The Bertz CT molecular complexity index is 268. The second-order valence-electron chi connectivity index (χ2n) is 4.80. The van der Waals surface area contributed by atoms with Crippen molar-refractivity contribution in [3.8, 4) is 0 Å². The number of aliphatic carboxylic acids is 1. The average molecular weight is 245 g/mol. The van der Waals surface area contributed by atoms with Crippen LogP contribution < -0.4 is 0 Å². The predicted octanol–water partition coefficient (Wildman–Crippen LogP) is 1.06. The molecule has 0 spiro atoms. The van der Waals surface area contributed by atoms with E-state index in [-0.39, 0.29) is 12.2 Å². The van der Waals surface area contributed by atoms with E-state index >= 15 is 0 Å². The Morgan fingerprint density at radius 3 is 2.50 bits per heavy atom. The topological polar surface area (TPSA) is 49.8 Å². The molecule has 0 aromatic rings. The first kappa shape index (κ1) is 12.2. The molecule has 2 saturated heterocycles. The van der Waals surface area contributed by atoms with Crippen LogP contribution in [-0.4, -0.2) is 58.3 Å². The maximum atomic E-state index is 11.5. The van der Waals surface area contributed by atoms with Gasteiger partial charge < -0.3 is 9.84 Å². The lowest BCUT2D eigenvalue weighted by atomic mass is 9.94. The van der Waals surface area contributed by atoms with Crippen LogP contribution in [0.1, 0.15) is 20.3 Å². The molecule has 0 saturated carbocycles. The van der Waals surface area contributed by atoms with Crippen molar-refractivity contribution in [1.82, 2.24) is 4.90 Å². The lowest BCUT2D eigenvalue weighted by Gasteiger charge is -2.44. The standard InChI is InChI=1S/C11H19NO3S/c1-8-5-12(6-9(2)15-8)11(10(13)14)3-4-16-7-11/h8-9H,3-7H2,1-2H3,(H,13,14). The zero-order chi connectivity index (χ0) is 11.8. The Balaban J connectivity index is 2.17. The number of rotatable bonds is 2. The number of hydrogen-bond acceptors (Lipinski definition) is 4. The molecule has 0 radical (unpaired) electrons. The fraction of sp³-hybridized carbons (Fsp3) is 0.909. The number of morpholine rings is 1. The average Bonchev–Trinajstić information content (AvgIpc) is 2.65. The molecule has 0 aromatic carbocycles. The van der Waals surface area contributed by atoms with E-state index in [9.17, 15) is 9.90 Å². The van der Waals surface area contributed by atoms with Gasteiger partial charge in [0.2, 0.25) is 0 Å². The Hall–Kier alpha value is -0.260. The van der Waals surface area contributed by atoms with Gasteiger partial charge in [-0.1, -0.05) is 0 Å². The number of hydrogen-bond donors (Lipinski definition) is 1. The minimum Gasteiger partial charge on any atom is -0.480 e. The van der Waals surface area contributed by atoms with Crippen molar-refractivity contribution < 1.29 is 14.6 Å². The first-order valence-electron chi connectivity index (χ1n) is 5.76. The highest BCUT2D eigenvalue weighted by Crippen LogP contribution is 2.35. The molecule has 0 aromatic heterocycles. The van der Waals surface area contributed by atoms with Crippen LogP contribution in [0.4, 0.5) is 0 Å². The molecule has 3 unspecified atom stereocenters. The third kappa shape index (κ3) is 2.08. The number of nitrogens with zero attached hydrogens (tertiary/aromatic N) is 1. The van der Waals surface area contributed by atoms with Crippen molar-refractivity contribution in [2.45, 2.75) is 38.0 Å². The molecule has 0 aliphatic carbocycles. The van der Waals surface area contributed by atoms with Crippen LogP contribution >= 0.6 is 11.8 Å². The maximum absolute atomic E-state index is 11.5. The number of carbonyl (C=O) groups is 1. The van der Waals surface area contributed by atoms with Crippen LogP contribution in [-0.2, 0) is 9.53 Å². The smallest absolute Gasteiger partial charge is 0.325 e. The first-order chi connectivity index (χ1) is 7.54. The summed E-state index contributed by atoms with van der Waals surface area (Å²) in [6.45, 7) is 5.50. The predicted molar refractivity (Wildman–Crippen MR) is 63.9 cm³/mol. The highest BCUT2D eigenvalue weighted by Gasteiger charge is 2.48. The van der Waals surface area contributed by atoms with Crippen molar-refractivity contribution in [3.63, 3.8) is 0 Å². The Labute approximate surface area is 100 Å². The highest BCUT2D eigenvalue weighted by molar-refractivity contribution is 7.99. The fourth-order valence-corrected chi connectivity index (χ4v) is 4.05. The van der Waals surface area contributed by atoms with Crippen molar-refractivity contribution in [3.05, 3.63) is 0 Å². The highest BCUT2D eigenvalue weighted by atomic mass is 32.2. The monoisotopic (exact) mass is 245 g/mol. The first-order valence-corrected chi connectivity index (χ1v) is 6.92. The summed E-state index contributed by atoms with van der Waals surface area (Å²) in [5.74, 6) is 0.993. The minimum atomic E-state index is -0.668. The molecule has 0 amide bonds. The van der Waals surface area contributed by atoms with E-state index in [4.69, 9.17) is 4.74 Å². The fourth-order valence-electron chi connectivity index (χ4n) is 2.63. The van der Waals surface area contributed by atoms with E-state index in [0.29, 0.717) is 5.75 Å². The Morgan fingerprint density at radius 2 is 2.06 bits per heavy atom. The summed E-state index contributed by atoms with van der Waals surface area (Å²) in [5.41, 5.74) is -0.642. The Kier molecular flexibility index (Phi) is 3.47. The number of carboxylic acid groups (broad SMARTS) is 1. The van der Waals surface area contributed by atoms with Gasteiger partial charge in [-0.05, 0) is 26.0 Å². The summed E-state index contributed by atoms with van der Waals surface area (Å²) in [6.07, 6.45) is 1.02. The SMILES string of the molecule is CC1CN(C2(C(=O)O)CCSC2)CC(C)O1. The molecule has 3 atom stereocenters. The van der Waals surface area contributed by atoms with Crippen LogP contribution in [0, 0.1) is 0 Å². The van der Waals surface area contributed by atoms with Gasteiger partial charge in [0.15, 0.2) is 0 Å². The van der Waals surface area contributed by atoms with Crippen molar-refractivity contribution in [1.29, 1.82) is 0 Å². The van der Waals surface area contributed by atoms with Gasteiger partial charge in [0.05, 0.1) is 12.2 Å². The van der Waals surface area contributed by atoms with Gasteiger partial charge in [-0.2, -0.15) is 11.8 Å². The second kappa shape index (κ2) is 4.55. The number of ether oxygens (including phenoxy) is 1. The lowest BCUT2D eigenvalue weighted by molar-refractivity contribution is -0.158. The summed E-state index contributed by atoms with van der Waals surface area (Å²) in [5, 5.41) is 9.49. The summed E-state index contributed by atoms with van der Waals surface area (Å²) in [4.78, 5) is 13.7. The van der Waals surface area contributed by atoms with Crippen molar-refractivity contribution >= 4 is 17.7 Å². The summed E-state index contributed by atoms with van der Waals surface area (Å²) < 4.78 is 5.66. The van der Waals surface area contributed by atoms with E-state index in [1.54, 1.807) is 11.8 Å². The summed E-state index contributed by atoms with van der Waals surface area (Å²) >= 11 is 1.74. The maximum Gasteiger partial charge on any atom is 0.325 e. The minimum absolute atomic E-state index is 0.130. The zero-order valence-electron chi connectivity index (χ0n) is 9.81. The Morgan fingerprint density at radius 1 is 1.44 bits per heavy atom. The molecule has 2 fully saturated rings. The lowest BCUT2D eigenvalue weighted by Crippen LogP contribution is -2.61. The molecule has 2 rings (SSSR count). The third-order valence-electron chi connectivity index (χ3n) is 3.42. The van der Waals surface area contributed by atoms with Crippen LogP contribution in [0.25, 0.3) is 0 Å². The third-order valence-corrected chi connectivity index (χ3v) is 4.60. The van der Waals surface area contributed by atoms with E-state index in [2.05, 4.69) is 4.90 Å². The molecule has 0 bridgehead atoms. The van der Waals surface area contributed by atoms with Crippen LogP contribution in [0.3, 0.4) is 0 Å². The molecular weight excluding hydrogens is 226 g/mol. The molecule has 2 heterocycles. The van der Waals surface area contributed by atoms with E-state index < -0.39 is 11.5 Å². The zero-order valence-corrected chi connectivity index (χ0v) is 10.6. The molecule has 1 N–H and O–H groups in total. The van der Waals surface area contributed by atoms with Crippen molar-refractivity contribution in [2.24, 2.45) is 0 Å². The van der Waals surface area contributed by atoms with Gasteiger partial charge in [-0.3, -0.25) is 9.69 Å². The number of thioether (sulfide) groups is 1. The van der Waals surface area contributed by atoms with Gasteiger partial charge in [0.1, 0.15) is 5.54 Å². The second-order valence-corrected chi connectivity index (χ2v) is 5.91. The molecule has 16 heavy (non-hydrogen) atoms. The number of carboxylic acids is 1.